The number of benzene rings is 1. The lowest BCUT2D eigenvalue weighted by Gasteiger charge is -2.06. The van der Waals surface area contributed by atoms with Crippen LogP contribution < -0.4 is 15.8 Å². The number of hydrogen-bond acceptors (Lipinski definition) is 4. The van der Waals surface area contributed by atoms with Gasteiger partial charge in [-0.3, -0.25) is 4.79 Å². The van der Waals surface area contributed by atoms with Crippen molar-refractivity contribution in [2.75, 3.05) is 17.7 Å². The molecule has 104 valence electrons. The van der Waals surface area contributed by atoms with E-state index in [1.54, 1.807) is 12.1 Å². The molecule has 0 aliphatic carbocycles. The third-order valence-electron chi connectivity index (χ3n) is 2.61. The van der Waals surface area contributed by atoms with Crippen molar-refractivity contribution in [3.8, 4) is 5.75 Å². The summed E-state index contributed by atoms with van der Waals surface area (Å²) in [6.45, 7) is 0.507. The van der Waals surface area contributed by atoms with Crippen LogP contribution in [0.5, 0.6) is 5.75 Å². The minimum Gasteiger partial charge on any atom is -0.494 e. The molecule has 1 heterocycles. The van der Waals surface area contributed by atoms with Gasteiger partial charge in [-0.25, -0.2) is 4.98 Å². The maximum absolute atomic E-state index is 11.7. The summed E-state index contributed by atoms with van der Waals surface area (Å²) in [5.41, 5.74) is 6.09. The van der Waals surface area contributed by atoms with Crippen molar-refractivity contribution >= 4 is 17.4 Å². The first-order chi connectivity index (χ1) is 9.74. The number of pyridine rings is 1. The Labute approximate surface area is 117 Å². The Kier molecular flexibility index (Phi) is 4.94. The van der Waals surface area contributed by atoms with Crippen LogP contribution in [-0.4, -0.2) is 17.5 Å². The number of carbonyl (C=O) groups excluding carboxylic acids is 1. The molecule has 0 unspecified atom stereocenters. The van der Waals surface area contributed by atoms with Crippen LogP contribution in [0.1, 0.15) is 12.8 Å². The average molecular weight is 271 g/mol. The van der Waals surface area contributed by atoms with E-state index in [1.165, 1.54) is 6.20 Å². The second-order valence-corrected chi connectivity index (χ2v) is 4.29. The van der Waals surface area contributed by atoms with Gasteiger partial charge in [-0.15, -0.1) is 0 Å². The zero-order valence-electron chi connectivity index (χ0n) is 11.1. The van der Waals surface area contributed by atoms with Crippen molar-refractivity contribution in [1.29, 1.82) is 0 Å². The molecular weight excluding hydrogens is 254 g/mol. The van der Waals surface area contributed by atoms with Crippen molar-refractivity contribution in [3.63, 3.8) is 0 Å². The van der Waals surface area contributed by atoms with E-state index in [-0.39, 0.29) is 5.91 Å². The number of anilines is 2. The van der Waals surface area contributed by atoms with E-state index in [9.17, 15) is 4.79 Å². The van der Waals surface area contributed by atoms with E-state index < -0.39 is 0 Å². The second kappa shape index (κ2) is 7.13. The van der Waals surface area contributed by atoms with Crippen LogP contribution in [0.4, 0.5) is 11.5 Å². The summed E-state index contributed by atoms with van der Waals surface area (Å²) in [6.07, 6.45) is 2.54. The monoisotopic (exact) mass is 271 g/mol. The van der Waals surface area contributed by atoms with Gasteiger partial charge in [0.15, 0.2) is 0 Å². The van der Waals surface area contributed by atoms with E-state index in [1.807, 2.05) is 30.3 Å². The van der Waals surface area contributed by atoms with Crippen LogP contribution >= 0.6 is 0 Å². The third-order valence-corrected chi connectivity index (χ3v) is 2.61. The predicted octanol–water partition coefficient (Wildman–Crippen LogP) is 2.46. The molecule has 0 saturated heterocycles. The Hall–Kier alpha value is -2.56. The smallest absolute Gasteiger partial charge is 0.225 e. The minimum absolute atomic E-state index is 0.0843. The van der Waals surface area contributed by atoms with Gasteiger partial charge < -0.3 is 15.8 Å². The van der Waals surface area contributed by atoms with Crippen molar-refractivity contribution in [2.45, 2.75) is 12.8 Å². The van der Waals surface area contributed by atoms with E-state index in [0.717, 1.165) is 5.75 Å². The first-order valence-corrected chi connectivity index (χ1v) is 6.43. The van der Waals surface area contributed by atoms with Gasteiger partial charge in [0.2, 0.25) is 5.91 Å². The van der Waals surface area contributed by atoms with Crippen molar-refractivity contribution in [2.24, 2.45) is 0 Å². The van der Waals surface area contributed by atoms with Gasteiger partial charge >= 0.3 is 0 Å². The lowest BCUT2D eigenvalue weighted by atomic mass is 10.3. The zero-order chi connectivity index (χ0) is 14.2. The van der Waals surface area contributed by atoms with Gasteiger partial charge in [0.25, 0.3) is 0 Å². The maximum Gasteiger partial charge on any atom is 0.225 e. The Morgan fingerprint density at radius 1 is 1.20 bits per heavy atom. The first-order valence-electron chi connectivity index (χ1n) is 6.43. The molecule has 0 radical (unpaired) electrons. The Morgan fingerprint density at radius 3 is 2.70 bits per heavy atom. The summed E-state index contributed by atoms with van der Waals surface area (Å²) in [5.74, 6) is 1.24. The van der Waals surface area contributed by atoms with Crippen LogP contribution in [0.15, 0.2) is 48.7 Å². The van der Waals surface area contributed by atoms with Crippen molar-refractivity contribution in [3.05, 3.63) is 48.7 Å². The number of nitrogen functional groups attached to an aromatic ring is 1. The summed E-state index contributed by atoms with van der Waals surface area (Å²) in [4.78, 5) is 15.7. The third kappa shape index (κ3) is 4.61. The number of amides is 1. The number of nitrogens with zero attached hydrogens (tertiary/aromatic N) is 1. The molecule has 1 amide bonds. The number of nitrogens with one attached hydrogen (secondary N) is 1. The lowest BCUT2D eigenvalue weighted by Crippen LogP contribution is -2.13. The molecule has 20 heavy (non-hydrogen) atoms. The van der Waals surface area contributed by atoms with Crippen LogP contribution in [0.2, 0.25) is 0 Å². The number of carbonyl (C=O) groups is 1. The van der Waals surface area contributed by atoms with Gasteiger partial charge in [-0.1, -0.05) is 18.2 Å². The van der Waals surface area contributed by atoms with Crippen LogP contribution in [0, 0.1) is 0 Å². The van der Waals surface area contributed by atoms with E-state index in [4.69, 9.17) is 10.5 Å². The summed E-state index contributed by atoms with van der Waals surface area (Å²) in [6, 6.07) is 12.9. The summed E-state index contributed by atoms with van der Waals surface area (Å²) >= 11 is 0. The van der Waals surface area contributed by atoms with E-state index in [0.29, 0.717) is 31.0 Å². The highest BCUT2D eigenvalue weighted by molar-refractivity contribution is 5.89. The normalized spacial score (nSPS) is 10.0. The lowest BCUT2D eigenvalue weighted by molar-refractivity contribution is -0.116. The molecule has 0 saturated carbocycles. The first kappa shape index (κ1) is 13.9. The molecule has 0 atom stereocenters. The molecule has 3 N–H and O–H groups in total. The molecule has 0 aliphatic heterocycles. The second-order valence-electron chi connectivity index (χ2n) is 4.29. The van der Waals surface area contributed by atoms with Crippen LogP contribution in [0.25, 0.3) is 0 Å². The molecule has 0 bridgehead atoms. The summed E-state index contributed by atoms with van der Waals surface area (Å²) < 4.78 is 5.51. The maximum atomic E-state index is 11.7. The molecule has 5 nitrogen and oxygen atoms in total. The number of ether oxygens (including phenoxy) is 1. The van der Waals surface area contributed by atoms with Crippen molar-refractivity contribution in [1.82, 2.24) is 4.98 Å². The molecule has 5 heteroatoms. The molecular formula is C15H17N3O2. The van der Waals surface area contributed by atoms with Gasteiger partial charge in [0.1, 0.15) is 11.6 Å². The van der Waals surface area contributed by atoms with E-state index >= 15 is 0 Å². The highest BCUT2D eigenvalue weighted by Crippen LogP contribution is 2.09. The highest BCUT2D eigenvalue weighted by Gasteiger charge is 2.03. The number of hydrogen-bond donors (Lipinski definition) is 2. The fourth-order valence-electron chi connectivity index (χ4n) is 1.62. The molecule has 0 spiro atoms. The summed E-state index contributed by atoms with van der Waals surface area (Å²) in [5, 5.41) is 2.71. The number of nitrogens with two attached hydrogens (primary N) is 1. The minimum atomic E-state index is -0.0843. The Balaban J connectivity index is 1.66. The van der Waals surface area contributed by atoms with Crippen molar-refractivity contribution < 1.29 is 9.53 Å². The standard InChI is InChI=1S/C15H17N3O2/c16-12-8-9-14(17-11-12)18-15(19)7-4-10-20-13-5-2-1-3-6-13/h1-3,5-6,8-9,11H,4,7,10,16H2,(H,17,18,19). The topological polar surface area (TPSA) is 77.2 Å². The molecule has 1 aromatic heterocycles. The predicted molar refractivity (Wildman–Crippen MR) is 78.5 cm³/mol. The van der Waals surface area contributed by atoms with E-state index in [2.05, 4.69) is 10.3 Å². The number of rotatable bonds is 6. The molecule has 1 aromatic carbocycles. The van der Waals surface area contributed by atoms with Gasteiger partial charge in [0.05, 0.1) is 18.5 Å². The fourth-order valence-corrected chi connectivity index (χ4v) is 1.62. The molecule has 2 aromatic rings. The van der Waals surface area contributed by atoms with Gasteiger partial charge in [-0.05, 0) is 30.7 Å². The molecule has 0 fully saturated rings. The number of aromatic nitrogens is 1. The quantitative estimate of drug-likeness (QED) is 0.791. The largest absolute Gasteiger partial charge is 0.494 e. The summed E-state index contributed by atoms with van der Waals surface area (Å²) in [7, 11) is 0. The van der Waals surface area contributed by atoms with Gasteiger partial charge in [-0.2, -0.15) is 0 Å². The zero-order valence-corrected chi connectivity index (χ0v) is 11.1. The Bertz CT molecular complexity index is 541. The average Bonchev–Trinajstić information content (AvgIpc) is 2.47. The van der Waals surface area contributed by atoms with Crippen LogP contribution in [0.3, 0.4) is 0 Å². The molecule has 0 aliphatic rings. The highest BCUT2D eigenvalue weighted by atomic mass is 16.5. The number of para-hydroxylation sites is 1. The van der Waals surface area contributed by atoms with Gasteiger partial charge in [0, 0.05) is 6.42 Å². The SMILES string of the molecule is Nc1ccc(NC(=O)CCCOc2ccccc2)nc1. The fraction of sp³-hybridized carbons (Fsp3) is 0.200. The Morgan fingerprint density at radius 2 is 2.00 bits per heavy atom. The molecule has 2 rings (SSSR count). The van der Waals surface area contributed by atoms with Crippen LogP contribution in [-0.2, 0) is 4.79 Å².